The number of carbonyl (C=O) groups is 1. The molecule has 6 nitrogen and oxygen atoms in total. The first-order valence-corrected chi connectivity index (χ1v) is 6.96. The summed E-state index contributed by atoms with van der Waals surface area (Å²) in [6.07, 6.45) is 4.33. The van der Waals surface area contributed by atoms with Crippen LogP contribution in [-0.2, 0) is 11.3 Å². The molecule has 0 atom stereocenters. The Morgan fingerprint density at radius 2 is 2.28 bits per heavy atom. The minimum absolute atomic E-state index is 0.193. The second-order valence-electron chi connectivity index (χ2n) is 4.46. The van der Waals surface area contributed by atoms with Crippen molar-refractivity contribution < 1.29 is 4.79 Å². The number of thiazole rings is 1. The van der Waals surface area contributed by atoms with Crippen molar-refractivity contribution in [2.75, 3.05) is 0 Å². The van der Waals surface area contributed by atoms with E-state index in [2.05, 4.69) is 20.4 Å². The Hall–Kier alpha value is -1.63. The first-order chi connectivity index (χ1) is 8.83. The van der Waals surface area contributed by atoms with Gasteiger partial charge in [-0.15, -0.1) is 21.5 Å². The molecule has 1 aliphatic carbocycles. The van der Waals surface area contributed by atoms with Gasteiger partial charge in [0.15, 0.2) is 5.78 Å². The Morgan fingerprint density at radius 1 is 1.44 bits per heavy atom. The largest absolute Gasteiger partial charge is 0.297 e. The van der Waals surface area contributed by atoms with Crippen LogP contribution in [0.3, 0.4) is 0 Å². The molecule has 94 valence electrons. The molecular weight excluding hydrogens is 250 g/mol. The van der Waals surface area contributed by atoms with Gasteiger partial charge < -0.3 is 0 Å². The molecule has 0 unspecified atom stereocenters. The molecule has 3 rings (SSSR count). The average Bonchev–Trinajstić information content (AvgIpc) is 3.12. The van der Waals surface area contributed by atoms with Crippen molar-refractivity contribution in [1.29, 1.82) is 0 Å². The molecule has 0 amide bonds. The minimum atomic E-state index is 0.193. The summed E-state index contributed by atoms with van der Waals surface area (Å²) in [6.45, 7) is 0.224. The lowest BCUT2D eigenvalue weighted by Crippen LogP contribution is -2.19. The average molecular weight is 263 g/mol. The van der Waals surface area contributed by atoms with Gasteiger partial charge in [-0.05, 0) is 18.1 Å². The molecule has 7 heteroatoms. The number of carbonyl (C=O) groups excluding carboxylic acids is 1. The molecule has 0 saturated heterocycles. The van der Waals surface area contributed by atoms with Crippen molar-refractivity contribution in [3.8, 4) is 11.5 Å². The quantitative estimate of drug-likeness (QED) is 0.836. The molecule has 0 aromatic carbocycles. The molecule has 0 aliphatic heterocycles. The molecule has 1 saturated carbocycles. The minimum Gasteiger partial charge on any atom is -0.297 e. The summed E-state index contributed by atoms with van der Waals surface area (Å²) in [5.74, 6) is 0.893. The highest BCUT2D eigenvalue weighted by Crippen LogP contribution is 2.25. The first kappa shape index (κ1) is 11.5. The van der Waals surface area contributed by atoms with Crippen molar-refractivity contribution in [3.05, 3.63) is 10.9 Å². The summed E-state index contributed by atoms with van der Waals surface area (Å²) in [5.41, 5.74) is 2.43. The van der Waals surface area contributed by atoms with Crippen LogP contribution in [0.1, 0.15) is 25.7 Å². The van der Waals surface area contributed by atoms with Gasteiger partial charge in [0.25, 0.3) is 0 Å². The third kappa shape index (κ3) is 2.31. The molecular formula is C11H13N5OS. The molecule has 2 heterocycles. The van der Waals surface area contributed by atoms with Crippen LogP contribution in [0.25, 0.3) is 11.5 Å². The maximum Gasteiger partial charge on any atom is 0.224 e. The van der Waals surface area contributed by atoms with E-state index in [1.165, 1.54) is 16.1 Å². The molecule has 0 radical (unpaired) electrons. The van der Waals surface area contributed by atoms with Crippen LogP contribution in [0.15, 0.2) is 10.9 Å². The lowest BCUT2D eigenvalue weighted by molar-refractivity contribution is -0.123. The zero-order valence-corrected chi connectivity index (χ0v) is 10.6. The Bertz CT molecular complexity index is 529. The number of nitrogens with zero attached hydrogens (tertiary/aromatic N) is 5. The Morgan fingerprint density at radius 3 is 3.00 bits per heavy atom. The highest BCUT2D eigenvalue weighted by molar-refractivity contribution is 7.07. The number of hydrogen-bond donors (Lipinski definition) is 0. The fourth-order valence-electron chi connectivity index (χ4n) is 2.25. The van der Waals surface area contributed by atoms with Gasteiger partial charge in [-0.3, -0.25) is 4.79 Å². The van der Waals surface area contributed by atoms with Crippen molar-refractivity contribution in [3.63, 3.8) is 0 Å². The Kier molecular flexibility index (Phi) is 3.14. The van der Waals surface area contributed by atoms with Crippen molar-refractivity contribution in [1.82, 2.24) is 25.2 Å². The number of Topliss-reactive ketones (excluding diaryl/α,β-unsaturated/α-hetero) is 1. The summed E-state index contributed by atoms with van der Waals surface area (Å²) >= 11 is 1.48. The highest BCUT2D eigenvalue weighted by Gasteiger charge is 2.23. The van der Waals surface area contributed by atoms with E-state index in [9.17, 15) is 4.79 Å². The van der Waals surface area contributed by atoms with E-state index in [1.54, 1.807) is 5.51 Å². The van der Waals surface area contributed by atoms with Gasteiger partial charge in [0.2, 0.25) is 5.82 Å². The van der Waals surface area contributed by atoms with Gasteiger partial charge in [-0.1, -0.05) is 12.8 Å². The Balaban J connectivity index is 1.68. The SMILES string of the molecule is O=C(Cn1nnc(-c2cscn2)n1)C1CCCC1. The monoisotopic (exact) mass is 263 g/mol. The van der Waals surface area contributed by atoms with E-state index >= 15 is 0 Å². The van der Waals surface area contributed by atoms with E-state index in [0.29, 0.717) is 11.5 Å². The van der Waals surface area contributed by atoms with Gasteiger partial charge >= 0.3 is 0 Å². The van der Waals surface area contributed by atoms with Crippen LogP contribution in [0, 0.1) is 5.92 Å². The third-order valence-corrected chi connectivity index (χ3v) is 3.81. The molecule has 1 fully saturated rings. The number of ketones is 1. The van der Waals surface area contributed by atoms with Crippen LogP contribution in [0.2, 0.25) is 0 Å². The van der Waals surface area contributed by atoms with Gasteiger partial charge in [-0.25, -0.2) is 4.98 Å². The molecule has 2 aromatic rings. The maximum absolute atomic E-state index is 12.0. The predicted octanol–water partition coefficient (Wildman–Crippen LogP) is 1.56. The number of rotatable bonds is 4. The van der Waals surface area contributed by atoms with E-state index in [-0.39, 0.29) is 18.2 Å². The van der Waals surface area contributed by atoms with Gasteiger partial charge in [0.05, 0.1) is 5.51 Å². The van der Waals surface area contributed by atoms with Crippen LogP contribution >= 0.6 is 11.3 Å². The maximum atomic E-state index is 12.0. The summed E-state index contributed by atoms with van der Waals surface area (Å²) in [7, 11) is 0. The lowest BCUT2D eigenvalue weighted by atomic mass is 10.0. The Labute approximate surface area is 108 Å². The van der Waals surface area contributed by atoms with Crippen LogP contribution in [0.4, 0.5) is 0 Å². The zero-order valence-electron chi connectivity index (χ0n) is 9.82. The highest BCUT2D eigenvalue weighted by atomic mass is 32.1. The third-order valence-electron chi connectivity index (χ3n) is 3.22. The fourth-order valence-corrected chi connectivity index (χ4v) is 2.78. The molecule has 1 aliphatic rings. The summed E-state index contributed by atoms with van der Waals surface area (Å²) in [4.78, 5) is 17.5. The van der Waals surface area contributed by atoms with Gasteiger partial charge in [-0.2, -0.15) is 4.80 Å². The molecule has 18 heavy (non-hydrogen) atoms. The van der Waals surface area contributed by atoms with Crippen molar-refractivity contribution >= 4 is 17.1 Å². The summed E-state index contributed by atoms with van der Waals surface area (Å²) < 4.78 is 0. The summed E-state index contributed by atoms with van der Waals surface area (Å²) in [6, 6.07) is 0. The van der Waals surface area contributed by atoms with E-state index in [0.717, 1.165) is 25.7 Å². The van der Waals surface area contributed by atoms with Gasteiger partial charge in [0, 0.05) is 11.3 Å². The number of aromatic nitrogens is 5. The van der Waals surface area contributed by atoms with Crippen molar-refractivity contribution in [2.45, 2.75) is 32.2 Å². The topological polar surface area (TPSA) is 73.6 Å². The number of tetrazole rings is 1. The van der Waals surface area contributed by atoms with Crippen LogP contribution in [0.5, 0.6) is 0 Å². The van der Waals surface area contributed by atoms with Crippen LogP contribution in [-0.4, -0.2) is 31.0 Å². The molecule has 2 aromatic heterocycles. The molecule has 0 N–H and O–H groups in total. The van der Waals surface area contributed by atoms with E-state index < -0.39 is 0 Å². The summed E-state index contributed by atoms with van der Waals surface area (Å²) in [5, 5.41) is 13.9. The van der Waals surface area contributed by atoms with Crippen molar-refractivity contribution in [2.24, 2.45) is 5.92 Å². The first-order valence-electron chi connectivity index (χ1n) is 6.02. The normalized spacial score (nSPS) is 16.2. The zero-order chi connectivity index (χ0) is 12.4. The van der Waals surface area contributed by atoms with E-state index in [1.807, 2.05) is 5.38 Å². The lowest BCUT2D eigenvalue weighted by Gasteiger charge is -2.05. The fraction of sp³-hybridized carbons (Fsp3) is 0.545. The predicted molar refractivity (Wildman–Crippen MR) is 65.9 cm³/mol. The van der Waals surface area contributed by atoms with Crippen LogP contribution < -0.4 is 0 Å². The molecule has 0 bridgehead atoms. The second-order valence-corrected chi connectivity index (χ2v) is 5.18. The second kappa shape index (κ2) is 4.93. The smallest absolute Gasteiger partial charge is 0.224 e. The molecule has 0 spiro atoms. The van der Waals surface area contributed by atoms with E-state index in [4.69, 9.17) is 0 Å². The van der Waals surface area contributed by atoms with Gasteiger partial charge in [0.1, 0.15) is 12.2 Å². The number of hydrogen-bond acceptors (Lipinski definition) is 6. The standard InChI is InChI=1S/C11H13N5OS/c17-10(8-3-1-2-4-8)5-16-14-11(13-15-16)9-6-18-7-12-9/h6-8H,1-5H2.